The minimum absolute atomic E-state index is 0.0546. The minimum atomic E-state index is -0.348. The van der Waals surface area contributed by atoms with E-state index in [0.717, 1.165) is 45.1 Å². The Labute approximate surface area is 138 Å². The van der Waals surface area contributed by atoms with E-state index < -0.39 is 0 Å². The summed E-state index contributed by atoms with van der Waals surface area (Å²) in [6.07, 6.45) is 5.43. The van der Waals surface area contributed by atoms with Crippen LogP contribution in [0.15, 0.2) is 30.3 Å². The van der Waals surface area contributed by atoms with Crippen molar-refractivity contribution in [3.05, 3.63) is 35.9 Å². The molecule has 4 heteroatoms. The van der Waals surface area contributed by atoms with Gasteiger partial charge in [-0.2, -0.15) is 0 Å². The number of rotatable bonds is 6. The molecule has 1 aromatic carbocycles. The molecule has 0 saturated heterocycles. The van der Waals surface area contributed by atoms with Gasteiger partial charge in [-0.05, 0) is 50.6 Å². The van der Waals surface area contributed by atoms with Gasteiger partial charge >= 0.3 is 0 Å². The maximum atomic E-state index is 11.5. The lowest BCUT2D eigenvalue weighted by atomic mass is 9.53. The van der Waals surface area contributed by atoms with Crippen molar-refractivity contribution in [1.29, 1.82) is 0 Å². The lowest BCUT2D eigenvalue weighted by Gasteiger charge is -2.60. The predicted octanol–water partition coefficient (Wildman–Crippen LogP) is 2.20. The van der Waals surface area contributed by atoms with Crippen LogP contribution in [0.2, 0.25) is 0 Å². The monoisotopic (exact) mass is 316 g/mol. The molecule has 3 aliphatic carbocycles. The van der Waals surface area contributed by atoms with Crippen molar-refractivity contribution < 1.29 is 9.90 Å². The molecule has 0 heterocycles. The van der Waals surface area contributed by atoms with Gasteiger partial charge in [-0.1, -0.05) is 37.3 Å². The van der Waals surface area contributed by atoms with Crippen molar-refractivity contribution in [2.24, 2.45) is 5.73 Å². The van der Waals surface area contributed by atoms with Crippen molar-refractivity contribution in [2.45, 2.75) is 62.5 Å². The van der Waals surface area contributed by atoms with Gasteiger partial charge in [-0.15, -0.1) is 0 Å². The normalized spacial score (nSPS) is 33.1. The first-order chi connectivity index (χ1) is 11.0. The summed E-state index contributed by atoms with van der Waals surface area (Å²) in [4.78, 5) is 13.7. The Morgan fingerprint density at radius 1 is 1.26 bits per heavy atom. The van der Waals surface area contributed by atoms with E-state index in [1.54, 1.807) is 0 Å². The molecule has 1 aromatic rings. The van der Waals surface area contributed by atoms with Crippen LogP contribution in [0.3, 0.4) is 0 Å². The Bertz CT molecular complexity index is 550. The highest BCUT2D eigenvalue weighted by atomic mass is 16.3. The molecule has 2 bridgehead atoms. The van der Waals surface area contributed by atoms with Gasteiger partial charge in [0, 0.05) is 11.0 Å². The number of nitrogens with two attached hydrogens (primary N) is 1. The van der Waals surface area contributed by atoms with Crippen LogP contribution in [0, 0.1) is 0 Å². The van der Waals surface area contributed by atoms with Gasteiger partial charge in [0.1, 0.15) is 0 Å². The summed E-state index contributed by atoms with van der Waals surface area (Å²) >= 11 is 0. The van der Waals surface area contributed by atoms with Gasteiger partial charge in [0.05, 0.1) is 12.6 Å². The molecule has 0 unspecified atom stereocenters. The standard InChI is InChI=1S/C19H28N2O2/c1-2-12-21(14-17(20)23)18-8-10-19(11-9-18,16(22)13-18)15-6-4-3-5-7-15/h3-7,16,22H,2,8-14H2,1H3,(H2,20,23)/t16-,18?,19?/m1/s1. The van der Waals surface area contributed by atoms with E-state index in [9.17, 15) is 9.90 Å². The average Bonchev–Trinajstić information content (AvgIpc) is 2.56. The number of aliphatic hydroxyl groups excluding tert-OH is 1. The lowest BCUT2D eigenvalue weighted by Crippen LogP contribution is -2.64. The third-order valence-electron chi connectivity index (χ3n) is 6.14. The van der Waals surface area contributed by atoms with E-state index in [-0.39, 0.29) is 23.0 Å². The number of fused-ring (bicyclic) bond motifs is 3. The van der Waals surface area contributed by atoms with E-state index in [1.165, 1.54) is 5.56 Å². The van der Waals surface area contributed by atoms with Crippen molar-refractivity contribution in [3.8, 4) is 0 Å². The Balaban J connectivity index is 1.85. The van der Waals surface area contributed by atoms with Gasteiger partial charge in [0.25, 0.3) is 0 Å². The predicted molar refractivity (Wildman–Crippen MR) is 91.0 cm³/mol. The highest BCUT2D eigenvalue weighted by molar-refractivity contribution is 5.76. The Hall–Kier alpha value is -1.39. The third kappa shape index (κ3) is 2.79. The summed E-state index contributed by atoms with van der Waals surface area (Å²) < 4.78 is 0. The number of hydrogen-bond donors (Lipinski definition) is 2. The third-order valence-corrected chi connectivity index (χ3v) is 6.14. The smallest absolute Gasteiger partial charge is 0.231 e. The van der Waals surface area contributed by atoms with Crippen LogP contribution >= 0.6 is 0 Å². The molecule has 0 aliphatic heterocycles. The summed E-state index contributed by atoms with van der Waals surface area (Å²) in [5.74, 6) is -0.271. The molecule has 3 N–H and O–H groups in total. The first kappa shape index (κ1) is 16.5. The number of nitrogens with zero attached hydrogens (tertiary/aromatic N) is 1. The largest absolute Gasteiger partial charge is 0.392 e. The molecular weight excluding hydrogens is 288 g/mol. The quantitative estimate of drug-likeness (QED) is 0.845. The second-order valence-electron chi connectivity index (χ2n) is 7.35. The summed E-state index contributed by atoms with van der Waals surface area (Å²) in [6, 6.07) is 10.4. The molecule has 4 rings (SSSR count). The van der Waals surface area contributed by atoms with E-state index in [0.29, 0.717) is 6.54 Å². The topological polar surface area (TPSA) is 66.6 Å². The molecule has 3 saturated carbocycles. The van der Waals surface area contributed by atoms with Crippen LogP contribution in [0.5, 0.6) is 0 Å². The SMILES string of the molecule is CCCN(CC(N)=O)C12CCC(c3ccccc3)(CC1)[C@H](O)C2. The number of primary amides is 1. The van der Waals surface area contributed by atoms with Crippen molar-refractivity contribution in [2.75, 3.05) is 13.1 Å². The van der Waals surface area contributed by atoms with Crippen molar-refractivity contribution in [1.82, 2.24) is 4.90 Å². The molecule has 0 radical (unpaired) electrons. The number of carbonyl (C=O) groups excluding carboxylic acids is 1. The number of benzene rings is 1. The number of hydrogen-bond acceptors (Lipinski definition) is 3. The molecule has 4 nitrogen and oxygen atoms in total. The van der Waals surface area contributed by atoms with Gasteiger partial charge in [0.2, 0.25) is 5.91 Å². The maximum Gasteiger partial charge on any atom is 0.231 e. The molecule has 3 aliphatic rings. The van der Waals surface area contributed by atoms with E-state index >= 15 is 0 Å². The summed E-state index contributed by atoms with van der Waals surface area (Å²) in [6.45, 7) is 3.30. The fourth-order valence-corrected chi connectivity index (χ4v) is 4.89. The number of amides is 1. The maximum absolute atomic E-state index is 11.5. The molecular formula is C19H28N2O2. The fourth-order valence-electron chi connectivity index (χ4n) is 4.89. The van der Waals surface area contributed by atoms with Crippen LogP contribution in [0.4, 0.5) is 0 Å². The minimum Gasteiger partial charge on any atom is -0.392 e. The Morgan fingerprint density at radius 2 is 1.91 bits per heavy atom. The van der Waals surface area contributed by atoms with E-state index in [1.807, 2.05) is 6.07 Å². The van der Waals surface area contributed by atoms with Crippen LogP contribution in [0.25, 0.3) is 0 Å². The highest BCUT2D eigenvalue weighted by Crippen LogP contribution is 2.55. The van der Waals surface area contributed by atoms with Gasteiger partial charge in [0.15, 0.2) is 0 Å². The summed E-state index contributed by atoms with van der Waals surface area (Å²) in [5.41, 5.74) is 6.57. The van der Waals surface area contributed by atoms with Crippen LogP contribution in [0.1, 0.15) is 51.0 Å². The fraction of sp³-hybridized carbons (Fsp3) is 0.632. The molecule has 3 fully saturated rings. The second-order valence-corrected chi connectivity index (χ2v) is 7.35. The molecule has 0 aromatic heterocycles. The van der Waals surface area contributed by atoms with E-state index in [4.69, 9.17) is 5.73 Å². The average molecular weight is 316 g/mol. The Morgan fingerprint density at radius 3 is 2.43 bits per heavy atom. The zero-order chi connectivity index (χ0) is 16.5. The number of aliphatic hydroxyl groups is 1. The molecule has 126 valence electrons. The van der Waals surface area contributed by atoms with Gasteiger partial charge in [-0.25, -0.2) is 0 Å². The molecule has 1 amide bonds. The lowest BCUT2D eigenvalue weighted by molar-refractivity contribution is -0.128. The Kier molecular flexibility index (Phi) is 4.47. The summed E-state index contributed by atoms with van der Waals surface area (Å²) in [5, 5.41) is 11.0. The van der Waals surface area contributed by atoms with Crippen LogP contribution in [-0.2, 0) is 10.2 Å². The second kappa shape index (κ2) is 6.25. The van der Waals surface area contributed by atoms with Crippen molar-refractivity contribution >= 4 is 5.91 Å². The van der Waals surface area contributed by atoms with Gasteiger partial charge < -0.3 is 10.8 Å². The van der Waals surface area contributed by atoms with Gasteiger partial charge in [-0.3, -0.25) is 9.69 Å². The van der Waals surface area contributed by atoms with Crippen molar-refractivity contribution in [3.63, 3.8) is 0 Å². The zero-order valence-corrected chi connectivity index (χ0v) is 14.0. The number of carbonyl (C=O) groups is 1. The zero-order valence-electron chi connectivity index (χ0n) is 14.0. The molecule has 1 atom stereocenters. The highest BCUT2D eigenvalue weighted by Gasteiger charge is 2.56. The van der Waals surface area contributed by atoms with Crippen LogP contribution in [-0.4, -0.2) is 40.6 Å². The van der Waals surface area contributed by atoms with Crippen LogP contribution < -0.4 is 5.73 Å². The van der Waals surface area contributed by atoms with E-state index in [2.05, 4.69) is 36.1 Å². The first-order valence-corrected chi connectivity index (χ1v) is 8.79. The first-order valence-electron chi connectivity index (χ1n) is 8.79. The summed E-state index contributed by atoms with van der Waals surface area (Å²) in [7, 11) is 0. The molecule has 23 heavy (non-hydrogen) atoms. The molecule has 0 spiro atoms.